The highest BCUT2D eigenvalue weighted by atomic mass is 16.5. The first-order valence-corrected chi connectivity index (χ1v) is 4.04. The van der Waals surface area contributed by atoms with Crippen LogP contribution < -0.4 is 10.5 Å². The molecule has 0 radical (unpaired) electrons. The number of benzene rings is 1. The van der Waals surface area contributed by atoms with E-state index in [0.29, 0.717) is 11.1 Å². The van der Waals surface area contributed by atoms with Gasteiger partial charge in [0, 0.05) is 11.5 Å². The number of primary amides is 1. The molecule has 1 heterocycles. The predicted octanol–water partition coefficient (Wildman–Crippen LogP) is 0.670. The van der Waals surface area contributed by atoms with Crippen LogP contribution in [-0.2, 0) is 0 Å². The van der Waals surface area contributed by atoms with E-state index < -0.39 is 5.91 Å². The van der Waals surface area contributed by atoms with Gasteiger partial charge in [0.25, 0.3) is 5.91 Å². The van der Waals surface area contributed by atoms with Gasteiger partial charge < -0.3 is 10.5 Å². The van der Waals surface area contributed by atoms with Crippen LogP contribution in [0.25, 0.3) is 10.9 Å². The van der Waals surface area contributed by atoms with E-state index in [1.54, 1.807) is 25.3 Å². The van der Waals surface area contributed by atoms with Crippen molar-refractivity contribution in [1.29, 1.82) is 0 Å². The zero-order valence-electron chi connectivity index (χ0n) is 7.57. The van der Waals surface area contributed by atoms with E-state index in [1.165, 1.54) is 0 Å². The Hall–Kier alpha value is -2.04. The predicted molar refractivity (Wildman–Crippen MR) is 51.2 cm³/mol. The Morgan fingerprint density at radius 3 is 3.00 bits per heavy atom. The van der Waals surface area contributed by atoms with Gasteiger partial charge in [0.2, 0.25) is 0 Å². The van der Waals surface area contributed by atoms with Crippen LogP contribution in [0.4, 0.5) is 0 Å². The van der Waals surface area contributed by atoms with Crippen LogP contribution in [-0.4, -0.2) is 23.2 Å². The minimum atomic E-state index is -0.540. The quantitative estimate of drug-likeness (QED) is 0.732. The van der Waals surface area contributed by atoms with Crippen LogP contribution in [0.1, 0.15) is 10.5 Å². The Labute approximate surface area is 79.9 Å². The molecule has 0 spiro atoms. The molecule has 2 rings (SSSR count). The van der Waals surface area contributed by atoms with Crippen molar-refractivity contribution in [3.05, 3.63) is 23.9 Å². The molecule has 5 heteroatoms. The van der Waals surface area contributed by atoms with Gasteiger partial charge in [-0.3, -0.25) is 9.89 Å². The highest BCUT2D eigenvalue weighted by molar-refractivity contribution is 6.04. The van der Waals surface area contributed by atoms with Gasteiger partial charge in [-0.05, 0) is 12.1 Å². The molecule has 0 atom stereocenters. The number of nitrogens with one attached hydrogen (secondary N) is 1. The Kier molecular flexibility index (Phi) is 1.85. The maximum absolute atomic E-state index is 10.9. The van der Waals surface area contributed by atoms with Crippen LogP contribution in [0.3, 0.4) is 0 Å². The third-order valence-electron chi connectivity index (χ3n) is 2.00. The molecule has 3 N–H and O–H groups in total. The van der Waals surface area contributed by atoms with E-state index in [9.17, 15) is 4.79 Å². The number of aromatic nitrogens is 2. The number of H-pyrrole nitrogens is 1. The average Bonchev–Trinajstić information content (AvgIpc) is 2.59. The summed E-state index contributed by atoms with van der Waals surface area (Å²) in [6, 6.07) is 5.26. The maximum Gasteiger partial charge on any atom is 0.269 e. The Balaban J connectivity index is 2.65. The summed E-state index contributed by atoms with van der Waals surface area (Å²) < 4.78 is 5.03. The number of aromatic amines is 1. The fourth-order valence-electron chi connectivity index (χ4n) is 1.31. The molecule has 0 fully saturated rings. The first-order chi connectivity index (χ1) is 6.72. The number of methoxy groups -OCH3 is 1. The Morgan fingerprint density at radius 2 is 2.36 bits per heavy atom. The third-order valence-corrected chi connectivity index (χ3v) is 2.00. The summed E-state index contributed by atoms with van der Waals surface area (Å²) in [6.45, 7) is 0. The lowest BCUT2D eigenvalue weighted by Gasteiger charge is -1.97. The van der Waals surface area contributed by atoms with Crippen molar-refractivity contribution >= 4 is 16.8 Å². The zero-order valence-corrected chi connectivity index (χ0v) is 7.57. The number of carbonyl (C=O) groups is 1. The van der Waals surface area contributed by atoms with E-state index in [1.807, 2.05) is 0 Å². The highest BCUT2D eigenvalue weighted by Gasteiger charge is 2.10. The molecule has 1 aromatic carbocycles. The second-order valence-corrected chi connectivity index (χ2v) is 2.85. The molecule has 0 bridgehead atoms. The van der Waals surface area contributed by atoms with Crippen LogP contribution >= 0.6 is 0 Å². The van der Waals surface area contributed by atoms with Crippen molar-refractivity contribution in [2.24, 2.45) is 5.73 Å². The molecule has 72 valence electrons. The van der Waals surface area contributed by atoms with Crippen molar-refractivity contribution < 1.29 is 9.53 Å². The van der Waals surface area contributed by atoms with Gasteiger partial charge in [0.15, 0.2) is 5.69 Å². The van der Waals surface area contributed by atoms with Crippen LogP contribution in [0.2, 0.25) is 0 Å². The van der Waals surface area contributed by atoms with E-state index >= 15 is 0 Å². The normalized spacial score (nSPS) is 10.4. The van der Waals surface area contributed by atoms with Gasteiger partial charge in [-0.1, -0.05) is 0 Å². The third kappa shape index (κ3) is 1.19. The summed E-state index contributed by atoms with van der Waals surface area (Å²) in [6.07, 6.45) is 0. The maximum atomic E-state index is 10.9. The molecule has 0 unspecified atom stereocenters. The first kappa shape index (κ1) is 8.55. The Morgan fingerprint density at radius 1 is 1.57 bits per heavy atom. The molecule has 5 nitrogen and oxygen atoms in total. The molecule has 0 saturated heterocycles. The van der Waals surface area contributed by atoms with E-state index in [-0.39, 0.29) is 5.69 Å². The molecular weight excluding hydrogens is 182 g/mol. The van der Waals surface area contributed by atoms with Gasteiger partial charge >= 0.3 is 0 Å². The number of amides is 1. The lowest BCUT2D eigenvalue weighted by atomic mass is 10.2. The molecule has 0 aliphatic rings. The van der Waals surface area contributed by atoms with Crippen molar-refractivity contribution in [3.63, 3.8) is 0 Å². The van der Waals surface area contributed by atoms with Gasteiger partial charge in [-0.25, -0.2) is 0 Å². The fraction of sp³-hybridized carbons (Fsp3) is 0.111. The van der Waals surface area contributed by atoms with E-state index in [2.05, 4.69) is 10.2 Å². The van der Waals surface area contributed by atoms with Crippen molar-refractivity contribution in [3.8, 4) is 5.75 Å². The molecule has 14 heavy (non-hydrogen) atoms. The van der Waals surface area contributed by atoms with Crippen molar-refractivity contribution in [2.45, 2.75) is 0 Å². The second-order valence-electron chi connectivity index (χ2n) is 2.85. The lowest BCUT2D eigenvalue weighted by Crippen LogP contribution is -2.11. The number of nitrogens with zero attached hydrogens (tertiary/aromatic N) is 1. The minimum Gasteiger partial charge on any atom is -0.497 e. The molecule has 2 aromatic rings. The number of rotatable bonds is 2. The van der Waals surface area contributed by atoms with Gasteiger partial charge in [0.1, 0.15) is 5.75 Å². The monoisotopic (exact) mass is 191 g/mol. The number of carbonyl (C=O) groups excluding carboxylic acids is 1. The summed E-state index contributed by atoms with van der Waals surface area (Å²) in [5, 5.41) is 7.24. The molecule has 0 aliphatic heterocycles. The zero-order chi connectivity index (χ0) is 10.1. The van der Waals surface area contributed by atoms with E-state index in [0.717, 1.165) is 5.52 Å². The molecule has 0 saturated carbocycles. The summed E-state index contributed by atoms with van der Waals surface area (Å²) in [5.74, 6) is 0.165. The number of ether oxygens (including phenoxy) is 1. The number of nitrogens with two attached hydrogens (primary N) is 1. The second kappa shape index (κ2) is 3.02. The van der Waals surface area contributed by atoms with Crippen molar-refractivity contribution in [1.82, 2.24) is 10.2 Å². The van der Waals surface area contributed by atoms with E-state index in [4.69, 9.17) is 10.5 Å². The topological polar surface area (TPSA) is 81.0 Å². The minimum absolute atomic E-state index is 0.252. The largest absolute Gasteiger partial charge is 0.497 e. The lowest BCUT2D eigenvalue weighted by molar-refractivity contribution is 0.0997. The summed E-state index contributed by atoms with van der Waals surface area (Å²) >= 11 is 0. The fourth-order valence-corrected chi connectivity index (χ4v) is 1.31. The molecule has 1 aromatic heterocycles. The first-order valence-electron chi connectivity index (χ1n) is 4.04. The SMILES string of the molecule is COc1ccc2c(C(N)=O)n[nH]c2c1. The Bertz CT molecular complexity index is 490. The standard InChI is InChI=1S/C9H9N3O2/c1-14-5-2-3-6-7(4-5)11-12-8(6)9(10)13/h2-4H,1H3,(H2,10,13)(H,11,12). The molecule has 0 aliphatic carbocycles. The molecule has 1 amide bonds. The van der Waals surface area contributed by atoms with Crippen molar-refractivity contribution in [2.75, 3.05) is 7.11 Å². The number of fused-ring (bicyclic) bond motifs is 1. The number of hydrogen-bond acceptors (Lipinski definition) is 3. The van der Waals surface area contributed by atoms with Crippen LogP contribution in [0.15, 0.2) is 18.2 Å². The average molecular weight is 191 g/mol. The summed E-state index contributed by atoms with van der Waals surface area (Å²) in [5.41, 5.74) is 6.13. The number of hydrogen-bond donors (Lipinski definition) is 2. The molecular formula is C9H9N3O2. The van der Waals surface area contributed by atoms with Crippen LogP contribution in [0.5, 0.6) is 5.75 Å². The smallest absolute Gasteiger partial charge is 0.269 e. The van der Waals surface area contributed by atoms with Gasteiger partial charge in [0.05, 0.1) is 12.6 Å². The van der Waals surface area contributed by atoms with Crippen LogP contribution in [0, 0.1) is 0 Å². The summed E-state index contributed by atoms with van der Waals surface area (Å²) in [4.78, 5) is 10.9. The highest BCUT2D eigenvalue weighted by Crippen LogP contribution is 2.20. The van der Waals surface area contributed by atoms with Gasteiger partial charge in [-0.2, -0.15) is 5.10 Å². The van der Waals surface area contributed by atoms with Gasteiger partial charge in [-0.15, -0.1) is 0 Å². The summed E-state index contributed by atoms with van der Waals surface area (Å²) in [7, 11) is 1.58.